The maximum Gasteiger partial charge on any atom is 0.235 e. The van der Waals surface area contributed by atoms with Gasteiger partial charge in [0.05, 0.1) is 22.2 Å². The van der Waals surface area contributed by atoms with Crippen molar-refractivity contribution >= 4 is 65.0 Å². The summed E-state index contributed by atoms with van der Waals surface area (Å²) >= 11 is 0. The molecular formula is C38H23N3. The molecule has 3 heteroatoms. The first-order valence-electron chi connectivity index (χ1n) is 13.9. The first kappa shape index (κ1) is 22.3. The highest BCUT2D eigenvalue weighted by molar-refractivity contribution is 6.35. The Morgan fingerprint density at radius 2 is 1.02 bits per heavy atom. The third kappa shape index (κ3) is 3.14. The van der Waals surface area contributed by atoms with Crippen molar-refractivity contribution in [3.8, 4) is 17.2 Å². The van der Waals surface area contributed by atoms with Gasteiger partial charge in [-0.25, -0.2) is 9.97 Å². The van der Waals surface area contributed by atoms with Gasteiger partial charge in [-0.2, -0.15) is 0 Å². The highest BCUT2D eigenvalue weighted by Gasteiger charge is 2.22. The van der Waals surface area contributed by atoms with Crippen molar-refractivity contribution in [2.24, 2.45) is 0 Å². The molecule has 0 fully saturated rings. The second kappa shape index (κ2) is 8.48. The molecule has 0 aliphatic rings. The Morgan fingerprint density at radius 1 is 0.415 bits per heavy atom. The van der Waals surface area contributed by atoms with Gasteiger partial charge in [-0.05, 0) is 39.1 Å². The van der Waals surface area contributed by atoms with Crippen LogP contribution in [0.2, 0.25) is 0 Å². The lowest BCUT2D eigenvalue weighted by atomic mass is 9.95. The number of hydrogen-bond acceptors (Lipinski definition) is 2. The average Bonchev–Trinajstić information content (AvgIpc) is 3.41. The molecule has 0 saturated carbocycles. The van der Waals surface area contributed by atoms with Gasteiger partial charge in [-0.15, -0.1) is 0 Å². The van der Waals surface area contributed by atoms with E-state index >= 15 is 0 Å². The fourth-order valence-electron chi connectivity index (χ4n) is 6.63. The quantitative estimate of drug-likeness (QED) is 0.212. The van der Waals surface area contributed by atoms with Gasteiger partial charge < -0.3 is 0 Å². The largest absolute Gasteiger partial charge is 0.277 e. The summed E-state index contributed by atoms with van der Waals surface area (Å²) in [5, 5.41) is 10.9. The lowest BCUT2D eigenvalue weighted by Gasteiger charge is -2.13. The van der Waals surface area contributed by atoms with Gasteiger partial charge in [0, 0.05) is 27.1 Å². The topological polar surface area (TPSA) is 30.7 Å². The van der Waals surface area contributed by atoms with Crippen LogP contribution in [0.5, 0.6) is 0 Å². The molecule has 0 unspecified atom stereocenters. The molecule has 9 aromatic rings. The van der Waals surface area contributed by atoms with Crippen LogP contribution in [0.3, 0.4) is 0 Å². The number of benzene rings is 7. The van der Waals surface area contributed by atoms with Crippen LogP contribution in [-0.2, 0) is 0 Å². The van der Waals surface area contributed by atoms with Gasteiger partial charge in [0.2, 0.25) is 5.95 Å². The molecule has 41 heavy (non-hydrogen) atoms. The summed E-state index contributed by atoms with van der Waals surface area (Å²) in [4.78, 5) is 10.6. The van der Waals surface area contributed by atoms with E-state index in [4.69, 9.17) is 9.97 Å². The normalized spacial score (nSPS) is 11.9. The van der Waals surface area contributed by atoms with Crippen LogP contribution in [0.25, 0.3) is 82.2 Å². The van der Waals surface area contributed by atoms with E-state index < -0.39 is 0 Å². The van der Waals surface area contributed by atoms with Crippen LogP contribution in [0, 0.1) is 0 Å². The predicted octanol–water partition coefficient (Wildman–Crippen LogP) is 9.85. The van der Waals surface area contributed by atoms with Crippen molar-refractivity contribution in [1.82, 2.24) is 14.5 Å². The van der Waals surface area contributed by atoms with E-state index in [1.54, 1.807) is 0 Å². The zero-order valence-corrected chi connectivity index (χ0v) is 22.1. The zero-order valence-electron chi connectivity index (χ0n) is 22.1. The second-order valence-electron chi connectivity index (χ2n) is 10.6. The standard InChI is InChI=1S/C38H23N3/c1-2-13-25(14-3-1)36-31-20-10-11-21-32(31)39-38(40-36)41-33-23-22-24-12-4-5-15-26(24)34(33)35-29-18-8-6-16-27(29)28-17-7-9-19-30(28)37(35)41/h1-23H. The van der Waals surface area contributed by atoms with Crippen molar-refractivity contribution in [1.29, 1.82) is 0 Å². The van der Waals surface area contributed by atoms with E-state index in [0.717, 1.165) is 33.2 Å². The Kier molecular flexibility index (Phi) is 4.61. The van der Waals surface area contributed by atoms with Crippen molar-refractivity contribution in [3.05, 3.63) is 140 Å². The fraction of sp³-hybridized carbons (Fsp3) is 0. The molecule has 0 spiro atoms. The van der Waals surface area contributed by atoms with Crippen molar-refractivity contribution in [3.63, 3.8) is 0 Å². The predicted molar refractivity (Wildman–Crippen MR) is 172 cm³/mol. The molecule has 2 heterocycles. The Bertz CT molecular complexity index is 2470. The molecule has 0 amide bonds. The summed E-state index contributed by atoms with van der Waals surface area (Å²) in [6.07, 6.45) is 0. The van der Waals surface area contributed by atoms with Crippen LogP contribution in [-0.4, -0.2) is 14.5 Å². The SMILES string of the molecule is c1ccc(-c2nc(-n3c4ccc5ccccc5c4c4c5ccccc5c5ccccc5c43)nc3ccccc23)cc1. The molecule has 0 aliphatic heterocycles. The summed E-state index contributed by atoms with van der Waals surface area (Å²) < 4.78 is 2.30. The average molecular weight is 522 g/mol. The molecule has 0 atom stereocenters. The smallest absolute Gasteiger partial charge is 0.235 e. The molecule has 0 N–H and O–H groups in total. The Hall–Kier alpha value is -5.54. The van der Waals surface area contributed by atoms with E-state index in [2.05, 4.69) is 138 Å². The molecule has 0 saturated heterocycles. The molecule has 7 aromatic carbocycles. The van der Waals surface area contributed by atoms with E-state index in [1.165, 1.54) is 43.1 Å². The summed E-state index contributed by atoms with van der Waals surface area (Å²) in [7, 11) is 0. The molecule has 9 rings (SSSR count). The van der Waals surface area contributed by atoms with Gasteiger partial charge in [0.15, 0.2) is 0 Å². The van der Waals surface area contributed by atoms with E-state index in [-0.39, 0.29) is 0 Å². The number of aromatic nitrogens is 3. The van der Waals surface area contributed by atoms with Crippen molar-refractivity contribution in [2.75, 3.05) is 0 Å². The number of para-hydroxylation sites is 1. The first-order chi connectivity index (χ1) is 20.4. The molecule has 3 nitrogen and oxygen atoms in total. The number of nitrogens with zero attached hydrogens (tertiary/aromatic N) is 3. The van der Waals surface area contributed by atoms with Crippen molar-refractivity contribution in [2.45, 2.75) is 0 Å². The number of hydrogen-bond donors (Lipinski definition) is 0. The summed E-state index contributed by atoms with van der Waals surface area (Å²) in [6.45, 7) is 0. The second-order valence-corrected chi connectivity index (χ2v) is 10.6. The molecule has 0 bridgehead atoms. The van der Waals surface area contributed by atoms with Gasteiger partial charge in [0.25, 0.3) is 0 Å². The number of rotatable bonds is 2. The highest BCUT2D eigenvalue weighted by atomic mass is 15.2. The van der Waals surface area contributed by atoms with Crippen LogP contribution < -0.4 is 0 Å². The van der Waals surface area contributed by atoms with Crippen molar-refractivity contribution < 1.29 is 0 Å². The van der Waals surface area contributed by atoms with Gasteiger partial charge >= 0.3 is 0 Å². The number of fused-ring (bicyclic) bond motifs is 11. The molecule has 0 aliphatic carbocycles. The summed E-state index contributed by atoms with van der Waals surface area (Å²) in [6, 6.07) is 49.4. The minimum Gasteiger partial charge on any atom is -0.277 e. The van der Waals surface area contributed by atoms with Crippen LogP contribution in [0.4, 0.5) is 0 Å². The maximum absolute atomic E-state index is 5.33. The molecule has 190 valence electrons. The lowest BCUT2D eigenvalue weighted by molar-refractivity contribution is 1.02. The van der Waals surface area contributed by atoms with Crippen LogP contribution >= 0.6 is 0 Å². The maximum atomic E-state index is 5.33. The van der Waals surface area contributed by atoms with Gasteiger partial charge in [-0.3, -0.25) is 4.57 Å². The minimum atomic E-state index is 0.679. The summed E-state index contributed by atoms with van der Waals surface area (Å²) in [5.74, 6) is 0.679. The molecular weight excluding hydrogens is 498 g/mol. The molecule has 2 aromatic heterocycles. The van der Waals surface area contributed by atoms with Gasteiger partial charge in [-0.1, -0.05) is 127 Å². The monoisotopic (exact) mass is 521 g/mol. The van der Waals surface area contributed by atoms with E-state index in [1.807, 2.05) is 6.07 Å². The minimum absolute atomic E-state index is 0.679. The highest BCUT2D eigenvalue weighted by Crippen LogP contribution is 2.44. The fourth-order valence-corrected chi connectivity index (χ4v) is 6.63. The zero-order chi connectivity index (χ0) is 26.9. The van der Waals surface area contributed by atoms with Gasteiger partial charge in [0.1, 0.15) is 0 Å². The third-order valence-corrected chi connectivity index (χ3v) is 8.37. The Morgan fingerprint density at radius 3 is 1.83 bits per heavy atom. The Balaban J connectivity index is 1.56. The molecule has 0 radical (unpaired) electrons. The van der Waals surface area contributed by atoms with Crippen LogP contribution in [0.15, 0.2) is 140 Å². The summed E-state index contributed by atoms with van der Waals surface area (Å²) in [5.41, 5.74) is 5.19. The van der Waals surface area contributed by atoms with E-state index in [0.29, 0.717) is 5.95 Å². The lowest BCUT2D eigenvalue weighted by Crippen LogP contribution is -2.03. The first-order valence-corrected chi connectivity index (χ1v) is 13.9. The third-order valence-electron chi connectivity index (χ3n) is 8.37. The van der Waals surface area contributed by atoms with E-state index in [9.17, 15) is 0 Å². The van der Waals surface area contributed by atoms with Crippen LogP contribution in [0.1, 0.15) is 0 Å². The Labute approximate surface area is 235 Å².